The van der Waals surface area contributed by atoms with Crippen molar-refractivity contribution >= 4 is 21.6 Å². The molecule has 0 heterocycles. The molecule has 0 aromatic heterocycles. The van der Waals surface area contributed by atoms with Crippen LogP contribution in [0.4, 0.5) is 5.69 Å². The predicted octanol–water partition coefficient (Wildman–Crippen LogP) is 3.94. The fourth-order valence-electron chi connectivity index (χ4n) is 1.50. The number of nitrogens with zero attached hydrogens (tertiary/aromatic N) is 1. The van der Waals surface area contributed by atoms with Crippen LogP contribution in [0.2, 0.25) is 0 Å². The zero-order chi connectivity index (χ0) is 13.0. The zero-order valence-electron chi connectivity index (χ0n) is 9.38. The molecule has 0 N–H and O–H groups in total. The van der Waals surface area contributed by atoms with E-state index in [1.54, 1.807) is 12.1 Å². The summed E-state index contributed by atoms with van der Waals surface area (Å²) in [6.07, 6.45) is 0. The monoisotopic (exact) mass is 307 g/mol. The molecule has 0 amide bonds. The molecule has 0 fully saturated rings. The van der Waals surface area contributed by atoms with Gasteiger partial charge in [-0.1, -0.05) is 30.3 Å². The molecule has 0 unspecified atom stereocenters. The number of para-hydroxylation sites is 1. The number of rotatable bonds is 4. The summed E-state index contributed by atoms with van der Waals surface area (Å²) in [6, 6.07) is 14.2. The summed E-state index contributed by atoms with van der Waals surface area (Å²) in [5.41, 5.74) is 0.789. The first kappa shape index (κ1) is 12.6. The van der Waals surface area contributed by atoms with Crippen LogP contribution >= 0.6 is 15.9 Å². The lowest BCUT2D eigenvalue weighted by Gasteiger charge is -2.07. The van der Waals surface area contributed by atoms with Crippen LogP contribution in [-0.2, 0) is 6.61 Å². The van der Waals surface area contributed by atoms with Crippen molar-refractivity contribution < 1.29 is 9.66 Å². The van der Waals surface area contributed by atoms with Gasteiger partial charge in [0.25, 0.3) is 5.69 Å². The zero-order valence-corrected chi connectivity index (χ0v) is 11.0. The van der Waals surface area contributed by atoms with Gasteiger partial charge in [-0.25, -0.2) is 0 Å². The average Bonchev–Trinajstić information content (AvgIpc) is 2.38. The molecule has 0 radical (unpaired) electrons. The number of nitro groups is 1. The molecule has 18 heavy (non-hydrogen) atoms. The van der Waals surface area contributed by atoms with Gasteiger partial charge in [0.15, 0.2) is 0 Å². The van der Waals surface area contributed by atoms with E-state index in [1.165, 1.54) is 6.07 Å². The highest BCUT2D eigenvalue weighted by Crippen LogP contribution is 2.29. The third-order valence-electron chi connectivity index (χ3n) is 2.39. The number of ether oxygens (including phenoxy) is 1. The van der Waals surface area contributed by atoms with Crippen LogP contribution in [-0.4, -0.2) is 4.92 Å². The first-order chi connectivity index (χ1) is 8.68. The molecule has 0 saturated carbocycles. The van der Waals surface area contributed by atoms with Crippen LogP contribution in [0.15, 0.2) is 53.0 Å². The van der Waals surface area contributed by atoms with Gasteiger partial charge in [-0.15, -0.1) is 0 Å². The largest absolute Gasteiger partial charge is 0.489 e. The Hall–Kier alpha value is -1.88. The number of nitro benzene ring substituents is 1. The van der Waals surface area contributed by atoms with Crippen molar-refractivity contribution in [2.45, 2.75) is 6.61 Å². The van der Waals surface area contributed by atoms with Crippen molar-refractivity contribution in [3.05, 3.63) is 68.7 Å². The molecule has 4 nitrogen and oxygen atoms in total. The minimum Gasteiger partial charge on any atom is -0.489 e. The molecular weight excluding hydrogens is 298 g/mol. The molecule has 2 aromatic rings. The quantitative estimate of drug-likeness (QED) is 0.635. The van der Waals surface area contributed by atoms with Crippen molar-refractivity contribution in [2.24, 2.45) is 0 Å². The Labute approximate surface area is 112 Å². The lowest BCUT2D eigenvalue weighted by molar-refractivity contribution is -0.385. The van der Waals surface area contributed by atoms with E-state index in [4.69, 9.17) is 4.74 Å². The summed E-state index contributed by atoms with van der Waals surface area (Å²) in [5.74, 6) is 0.732. The SMILES string of the molecule is O=[N+]([O-])c1cccc(COc2ccccc2)c1Br. The second-order valence-electron chi connectivity index (χ2n) is 3.61. The number of halogens is 1. The van der Waals surface area contributed by atoms with E-state index in [0.717, 1.165) is 11.3 Å². The van der Waals surface area contributed by atoms with Gasteiger partial charge in [0, 0.05) is 11.6 Å². The lowest BCUT2D eigenvalue weighted by Crippen LogP contribution is -1.98. The molecule has 0 bridgehead atoms. The second kappa shape index (κ2) is 5.64. The van der Waals surface area contributed by atoms with Crippen LogP contribution in [0.25, 0.3) is 0 Å². The van der Waals surface area contributed by atoms with Crippen molar-refractivity contribution in [3.8, 4) is 5.75 Å². The van der Waals surface area contributed by atoms with Gasteiger partial charge < -0.3 is 4.74 Å². The first-order valence-corrected chi connectivity index (χ1v) is 6.07. The normalized spacial score (nSPS) is 10.1. The molecule has 92 valence electrons. The van der Waals surface area contributed by atoms with E-state index in [9.17, 15) is 10.1 Å². The van der Waals surface area contributed by atoms with Gasteiger partial charge in [-0.3, -0.25) is 10.1 Å². The van der Waals surface area contributed by atoms with Crippen LogP contribution in [0.3, 0.4) is 0 Å². The minimum atomic E-state index is -0.421. The molecule has 0 spiro atoms. The maximum absolute atomic E-state index is 10.8. The van der Waals surface area contributed by atoms with Crippen LogP contribution < -0.4 is 4.74 Å². The van der Waals surface area contributed by atoms with Crippen LogP contribution in [0.5, 0.6) is 5.75 Å². The fraction of sp³-hybridized carbons (Fsp3) is 0.0769. The Morgan fingerprint density at radius 1 is 1.11 bits per heavy atom. The van der Waals surface area contributed by atoms with E-state index in [2.05, 4.69) is 15.9 Å². The Kier molecular flexibility index (Phi) is 3.94. The predicted molar refractivity (Wildman–Crippen MR) is 71.6 cm³/mol. The molecule has 0 atom stereocenters. The van der Waals surface area contributed by atoms with Gasteiger partial charge in [0.05, 0.1) is 4.92 Å². The Morgan fingerprint density at radius 3 is 2.50 bits per heavy atom. The van der Waals surface area contributed by atoms with E-state index < -0.39 is 4.92 Å². The highest BCUT2D eigenvalue weighted by Gasteiger charge is 2.14. The second-order valence-corrected chi connectivity index (χ2v) is 4.40. The summed E-state index contributed by atoms with van der Waals surface area (Å²) in [4.78, 5) is 10.4. The Morgan fingerprint density at radius 2 is 1.83 bits per heavy atom. The lowest BCUT2D eigenvalue weighted by atomic mass is 10.2. The fourth-order valence-corrected chi connectivity index (χ4v) is 2.02. The highest BCUT2D eigenvalue weighted by atomic mass is 79.9. The summed E-state index contributed by atoms with van der Waals surface area (Å²) in [6.45, 7) is 0.284. The van der Waals surface area contributed by atoms with Gasteiger partial charge >= 0.3 is 0 Å². The summed E-state index contributed by atoms with van der Waals surface area (Å²) >= 11 is 3.23. The summed E-state index contributed by atoms with van der Waals surface area (Å²) in [5, 5.41) is 10.8. The van der Waals surface area contributed by atoms with Gasteiger partial charge in [0.1, 0.15) is 16.8 Å². The molecule has 0 aliphatic carbocycles. The molecular formula is C13H10BrNO3. The molecule has 2 aromatic carbocycles. The molecule has 2 rings (SSSR count). The van der Waals surface area contributed by atoms with Gasteiger partial charge in [-0.2, -0.15) is 0 Å². The molecule has 5 heteroatoms. The molecule has 0 aliphatic heterocycles. The minimum absolute atomic E-state index is 0.0455. The average molecular weight is 308 g/mol. The first-order valence-electron chi connectivity index (χ1n) is 5.28. The smallest absolute Gasteiger partial charge is 0.283 e. The highest BCUT2D eigenvalue weighted by molar-refractivity contribution is 9.10. The van der Waals surface area contributed by atoms with Gasteiger partial charge in [-0.05, 0) is 28.1 Å². The number of hydrogen-bond donors (Lipinski definition) is 0. The van der Waals surface area contributed by atoms with Crippen molar-refractivity contribution in [1.82, 2.24) is 0 Å². The molecule has 0 aliphatic rings. The topological polar surface area (TPSA) is 52.4 Å². The summed E-state index contributed by atoms with van der Waals surface area (Å²) < 4.78 is 6.02. The van der Waals surface area contributed by atoms with E-state index in [0.29, 0.717) is 4.47 Å². The molecule has 0 saturated heterocycles. The van der Waals surface area contributed by atoms with E-state index in [1.807, 2.05) is 30.3 Å². The van der Waals surface area contributed by atoms with Crippen LogP contribution in [0.1, 0.15) is 5.56 Å². The number of hydrogen-bond acceptors (Lipinski definition) is 3. The van der Waals surface area contributed by atoms with Crippen molar-refractivity contribution in [2.75, 3.05) is 0 Å². The summed E-state index contributed by atoms with van der Waals surface area (Å²) in [7, 11) is 0. The van der Waals surface area contributed by atoms with E-state index >= 15 is 0 Å². The third kappa shape index (κ3) is 2.87. The Bertz CT molecular complexity index is 557. The maximum atomic E-state index is 10.8. The number of benzene rings is 2. The van der Waals surface area contributed by atoms with Gasteiger partial charge in [0.2, 0.25) is 0 Å². The maximum Gasteiger partial charge on any atom is 0.283 e. The Balaban J connectivity index is 2.15. The van der Waals surface area contributed by atoms with Crippen molar-refractivity contribution in [1.29, 1.82) is 0 Å². The van der Waals surface area contributed by atoms with E-state index in [-0.39, 0.29) is 12.3 Å². The standard InChI is InChI=1S/C13H10BrNO3/c14-13-10(5-4-8-12(13)15(16)17)9-18-11-6-2-1-3-7-11/h1-8H,9H2. The van der Waals surface area contributed by atoms with Crippen LogP contribution in [0, 0.1) is 10.1 Å². The van der Waals surface area contributed by atoms with Crippen molar-refractivity contribution in [3.63, 3.8) is 0 Å². The third-order valence-corrected chi connectivity index (χ3v) is 3.31.